The molecule has 1 atom stereocenters. The summed E-state index contributed by atoms with van der Waals surface area (Å²) in [6, 6.07) is 13.0. The zero-order chi connectivity index (χ0) is 21.5. The van der Waals surface area contributed by atoms with Crippen LogP contribution in [0.15, 0.2) is 42.5 Å². The van der Waals surface area contributed by atoms with E-state index in [9.17, 15) is 14.7 Å². The van der Waals surface area contributed by atoms with Crippen molar-refractivity contribution >= 4 is 17.5 Å². The minimum atomic E-state index is -1.15. The molecule has 1 unspecified atom stereocenters. The Hall–Kier alpha value is -2.90. The van der Waals surface area contributed by atoms with Crippen molar-refractivity contribution in [3.63, 3.8) is 0 Å². The van der Waals surface area contributed by atoms with Crippen LogP contribution in [0.1, 0.15) is 41.7 Å². The predicted molar refractivity (Wildman–Crippen MR) is 116 cm³/mol. The highest BCUT2D eigenvalue weighted by molar-refractivity contribution is 5.95. The summed E-state index contributed by atoms with van der Waals surface area (Å²) < 4.78 is 0. The van der Waals surface area contributed by atoms with Gasteiger partial charge in [-0.2, -0.15) is 0 Å². The van der Waals surface area contributed by atoms with E-state index in [-0.39, 0.29) is 17.9 Å². The maximum atomic E-state index is 12.9. The van der Waals surface area contributed by atoms with E-state index in [1.54, 1.807) is 9.80 Å². The van der Waals surface area contributed by atoms with Crippen molar-refractivity contribution in [3.8, 4) is 11.1 Å². The highest BCUT2D eigenvalue weighted by Crippen LogP contribution is 2.37. The zero-order valence-electron chi connectivity index (χ0n) is 17.2. The van der Waals surface area contributed by atoms with Crippen LogP contribution in [0.4, 0.5) is 5.69 Å². The Morgan fingerprint density at radius 1 is 1.00 bits per heavy atom. The van der Waals surface area contributed by atoms with Crippen molar-refractivity contribution < 1.29 is 14.7 Å². The standard InChI is InChI=1S/C23H28N4O3/c1-15(24)20-18(3-2-4-19(20)25)16-5-7-17(8-6-16)21(28)26-11-13-27(14-12-26)22(29)23(30)9-10-23/h2-8,15,30H,9-14,24-25H2,1H3. The number of carbonyl (C=O) groups is 2. The minimum Gasteiger partial charge on any atom is -0.398 e. The number of nitrogens with zero attached hydrogens (tertiary/aromatic N) is 2. The van der Waals surface area contributed by atoms with Crippen molar-refractivity contribution in [1.29, 1.82) is 0 Å². The first kappa shape index (κ1) is 20.4. The normalized spacial score (nSPS) is 18.8. The van der Waals surface area contributed by atoms with Gasteiger partial charge in [-0.1, -0.05) is 24.3 Å². The van der Waals surface area contributed by atoms with Crippen LogP contribution in [0.2, 0.25) is 0 Å². The fourth-order valence-electron chi connectivity index (χ4n) is 4.06. The summed E-state index contributed by atoms with van der Waals surface area (Å²) in [6.45, 7) is 3.73. The monoisotopic (exact) mass is 408 g/mol. The van der Waals surface area contributed by atoms with Crippen LogP contribution in [-0.4, -0.2) is 58.5 Å². The lowest BCUT2D eigenvalue weighted by molar-refractivity contribution is -0.143. The van der Waals surface area contributed by atoms with Crippen LogP contribution in [0.25, 0.3) is 11.1 Å². The highest BCUT2D eigenvalue weighted by atomic mass is 16.3. The summed E-state index contributed by atoms with van der Waals surface area (Å²) in [4.78, 5) is 28.6. The van der Waals surface area contributed by atoms with E-state index in [0.717, 1.165) is 16.7 Å². The lowest BCUT2D eigenvalue weighted by Gasteiger charge is -2.35. The molecule has 0 spiro atoms. The minimum absolute atomic E-state index is 0.0567. The largest absolute Gasteiger partial charge is 0.398 e. The molecule has 4 rings (SSSR count). The molecule has 0 bridgehead atoms. The van der Waals surface area contributed by atoms with Crippen molar-refractivity contribution in [3.05, 3.63) is 53.6 Å². The molecular weight excluding hydrogens is 380 g/mol. The number of aliphatic hydroxyl groups is 1. The Morgan fingerprint density at radius 3 is 2.17 bits per heavy atom. The van der Waals surface area contributed by atoms with Gasteiger partial charge in [0.2, 0.25) is 0 Å². The first-order valence-corrected chi connectivity index (χ1v) is 10.4. The molecule has 1 saturated heterocycles. The third-order valence-corrected chi connectivity index (χ3v) is 6.01. The third kappa shape index (κ3) is 3.78. The predicted octanol–water partition coefficient (Wildman–Crippen LogP) is 1.76. The Bertz CT molecular complexity index is 959. The second-order valence-electron chi connectivity index (χ2n) is 8.29. The van der Waals surface area contributed by atoms with Gasteiger partial charge in [0.25, 0.3) is 11.8 Å². The average Bonchev–Trinajstić information content (AvgIpc) is 3.51. The Balaban J connectivity index is 1.44. The molecule has 158 valence electrons. The number of amides is 2. The van der Waals surface area contributed by atoms with Gasteiger partial charge in [0.1, 0.15) is 5.60 Å². The molecular formula is C23H28N4O3. The van der Waals surface area contributed by atoms with E-state index in [2.05, 4.69) is 0 Å². The maximum absolute atomic E-state index is 12.9. The highest BCUT2D eigenvalue weighted by Gasteiger charge is 2.50. The molecule has 1 saturated carbocycles. The van der Waals surface area contributed by atoms with E-state index >= 15 is 0 Å². The first-order chi connectivity index (χ1) is 14.3. The maximum Gasteiger partial charge on any atom is 0.254 e. The van der Waals surface area contributed by atoms with E-state index in [1.165, 1.54) is 0 Å². The summed E-state index contributed by atoms with van der Waals surface area (Å²) in [5.41, 5.74) is 15.2. The van der Waals surface area contributed by atoms with Gasteiger partial charge in [-0.05, 0) is 54.7 Å². The molecule has 1 heterocycles. The van der Waals surface area contributed by atoms with Crippen molar-refractivity contribution in [2.45, 2.75) is 31.4 Å². The Kier molecular flexibility index (Phi) is 5.26. The molecule has 2 amide bonds. The summed E-state index contributed by atoms with van der Waals surface area (Å²) in [7, 11) is 0. The van der Waals surface area contributed by atoms with Crippen LogP contribution in [0.5, 0.6) is 0 Å². The molecule has 7 heteroatoms. The fourth-order valence-corrected chi connectivity index (χ4v) is 4.06. The van der Waals surface area contributed by atoms with Crippen LogP contribution in [0, 0.1) is 0 Å². The average molecular weight is 409 g/mol. The number of piperazine rings is 1. The summed E-state index contributed by atoms with van der Waals surface area (Å²) >= 11 is 0. The van der Waals surface area contributed by atoms with Crippen molar-refractivity contribution in [2.75, 3.05) is 31.9 Å². The van der Waals surface area contributed by atoms with Gasteiger partial charge in [0.05, 0.1) is 0 Å². The van der Waals surface area contributed by atoms with E-state index in [1.807, 2.05) is 49.4 Å². The number of hydrogen-bond acceptors (Lipinski definition) is 5. The van der Waals surface area contributed by atoms with Gasteiger partial charge in [0, 0.05) is 43.5 Å². The van der Waals surface area contributed by atoms with Crippen LogP contribution in [-0.2, 0) is 4.79 Å². The van der Waals surface area contributed by atoms with Crippen LogP contribution < -0.4 is 11.5 Å². The topological polar surface area (TPSA) is 113 Å². The SMILES string of the molecule is CC(N)c1c(N)cccc1-c1ccc(C(=O)N2CCN(C(=O)C3(O)CC3)CC2)cc1. The van der Waals surface area contributed by atoms with Gasteiger partial charge in [0.15, 0.2) is 0 Å². The molecule has 1 aliphatic heterocycles. The first-order valence-electron chi connectivity index (χ1n) is 10.4. The lowest BCUT2D eigenvalue weighted by Crippen LogP contribution is -2.53. The second kappa shape index (κ2) is 7.74. The molecule has 2 aromatic carbocycles. The fraction of sp³-hybridized carbons (Fsp3) is 0.391. The van der Waals surface area contributed by atoms with Crippen LogP contribution in [0.3, 0.4) is 0 Å². The van der Waals surface area contributed by atoms with Gasteiger partial charge >= 0.3 is 0 Å². The van der Waals surface area contributed by atoms with E-state index < -0.39 is 5.60 Å². The number of hydrogen-bond donors (Lipinski definition) is 3. The molecule has 0 radical (unpaired) electrons. The van der Waals surface area contributed by atoms with Gasteiger partial charge < -0.3 is 26.4 Å². The van der Waals surface area contributed by atoms with Gasteiger partial charge in [-0.25, -0.2) is 0 Å². The van der Waals surface area contributed by atoms with Crippen LogP contribution >= 0.6 is 0 Å². The molecule has 0 aromatic heterocycles. The zero-order valence-corrected chi connectivity index (χ0v) is 17.2. The molecule has 1 aliphatic carbocycles. The summed E-state index contributed by atoms with van der Waals surface area (Å²) in [5.74, 6) is -0.259. The summed E-state index contributed by atoms with van der Waals surface area (Å²) in [6.07, 6.45) is 1.07. The number of anilines is 1. The molecule has 2 fully saturated rings. The van der Waals surface area contributed by atoms with Crippen molar-refractivity contribution in [1.82, 2.24) is 9.80 Å². The van der Waals surface area contributed by atoms with Gasteiger partial charge in [-0.3, -0.25) is 9.59 Å². The molecule has 30 heavy (non-hydrogen) atoms. The molecule has 2 aromatic rings. The van der Waals surface area contributed by atoms with E-state index in [0.29, 0.717) is 50.3 Å². The number of rotatable bonds is 4. The number of nitrogen functional groups attached to an aromatic ring is 1. The third-order valence-electron chi connectivity index (χ3n) is 6.01. The van der Waals surface area contributed by atoms with Crippen molar-refractivity contribution in [2.24, 2.45) is 5.73 Å². The quantitative estimate of drug-likeness (QED) is 0.668. The smallest absolute Gasteiger partial charge is 0.254 e. The Labute approximate surface area is 176 Å². The summed E-state index contributed by atoms with van der Waals surface area (Å²) in [5, 5.41) is 10.0. The van der Waals surface area contributed by atoms with Gasteiger partial charge in [-0.15, -0.1) is 0 Å². The lowest BCUT2D eigenvalue weighted by atomic mass is 9.94. The number of benzene rings is 2. The second-order valence-corrected chi connectivity index (χ2v) is 8.29. The van der Waals surface area contributed by atoms with E-state index in [4.69, 9.17) is 11.5 Å². The number of carbonyl (C=O) groups excluding carboxylic acids is 2. The Morgan fingerprint density at radius 2 is 1.60 bits per heavy atom. The molecule has 7 nitrogen and oxygen atoms in total. The molecule has 2 aliphatic rings. The molecule has 5 N–H and O–H groups in total. The number of nitrogens with two attached hydrogens (primary N) is 2.